The van der Waals surface area contributed by atoms with Crippen molar-refractivity contribution in [3.63, 3.8) is 0 Å². The van der Waals surface area contributed by atoms with Gasteiger partial charge in [0.25, 0.3) is 0 Å². The number of aliphatic imine (C=N–C) groups is 2. The maximum atomic E-state index is 12.0. The van der Waals surface area contributed by atoms with E-state index in [1.165, 1.54) is 10.9 Å². The van der Waals surface area contributed by atoms with Crippen LogP contribution in [0.25, 0.3) is 0 Å². The summed E-state index contributed by atoms with van der Waals surface area (Å²) in [6.07, 6.45) is 1.50. The van der Waals surface area contributed by atoms with Gasteiger partial charge in [0.15, 0.2) is 0 Å². The van der Waals surface area contributed by atoms with Crippen molar-refractivity contribution in [1.82, 2.24) is 15.0 Å². The predicted octanol–water partition coefficient (Wildman–Crippen LogP) is 0.308. The topological polar surface area (TPSA) is 119 Å². The van der Waals surface area contributed by atoms with Crippen LogP contribution < -0.4 is 10.2 Å². The minimum atomic E-state index is -0.612. The van der Waals surface area contributed by atoms with Crippen LogP contribution in [0.15, 0.2) is 75.7 Å². The van der Waals surface area contributed by atoms with Crippen LogP contribution in [0.3, 0.4) is 0 Å². The fraction of sp³-hybridized carbons (Fsp3) is 0.111. The summed E-state index contributed by atoms with van der Waals surface area (Å²) < 4.78 is 9.76. The van der Waals surface area contributed by atoms with Gasteiger partial charge in [-0.2, -0.15) is 0 Å². The van der Waals surface area contributed by atoms with E-state index in [2.05, 4.69) is 20.3 Å². The molecule has 3 rings (SSSR count). The Labute approximate surface area is 177 Å². The Hall–Kier alpha value is -2.81. The molecule has 0 N–H and O–H groups in total. The van der Waals surface area contributed by atoms with Gasteiger partial charge >= 0.3 is 22.4 Å². The van der Waals surface area contributed by atoms with Gasteiger partial charge in [0.05, 0.1) is 19.3 Å². The summed E-state index contributed by atoms with van der Waals surface area (Å²) in [4.78, 5) is 8.03. The molecule has 0 saturated heterocycles. The summed E-state index contributed by atoms with van der Waals surface area (Å²) >= 11 is 5.97. The minimum absolute atomic E-state index is 0.0809. The van der Waals surface area contributed by atoms with Gasteiger partial charge in [0.1, 0.15) is 5.69 Å². The molecule has 1 heterocycles. The van der Waals surface area contributed by atoms with Crippen LogP contribution in [0.2, 0.25) is 0 Å². The first-order valence-corrected chi connectivity index (χ1v) is 9.10. The molecule has 0 amide bonds. The van der Waals surface area contributed by atoms with E-state index in [0.29, 0.717) is 17.1 Å². The molecule has 142 valence electrons. The Morgan fingerprint density at radius 2 is 1.75 bits per heavy atom. The molecule has 8 nitrogen and oxygen atoms in total. The van der Waals surface area contributed by atoms with Gasteiger partial charge in [-0.1, -0.05) is 53.7 Å². The zero-order chi connectivity index (χ0) is 20.4. The molecule has 10 heteroatoms. The zero-order valence-electron chi connectivity index (χ0n) is 14.4. The van der Waals surface area contributed by atoms with Crippen LogP contribution in [-0.2, 0) is 41.5 Å². The summed E-state index contributed by atoms with van der Waals surface area (Å²) in [6, 6.07) is 16.5. The number of nitrogens with zero attached hydrogens (tertiary/aromatic N) is 5. The van der Waals surface area contributed by atoms with Gasteiger partial charge in [0.2, 0.25) is 0 Å². The maximum absolute atomic E-state index is 12.0. The number of aromatic nitrogens is 3. The average Bonchev–Trinajstić information content (AvgIpc) is 3.19. The number of hydrogen-bond donors (Lipinski definition) is 0. The molecule has 1 aromatic heterocycles. The van der Waals surface area contributed by atoms with Crippen molar-refractivity contribution in [2.75, 3.05) is 6.54 Å². The van der Waals surface area contributed by atoms with E-state index in [9.17, 15) is 10.2 Å². The number of hydrogen-bond acceptors (Lipinski definition) is 8. The van der Waals surface area contributed by atoms with Crippen molar-refractivity contribution in [2.45, 2.75) is 11.4 Å². The molecule has 0 aliphatic carbocycles. The van der Waals surface area contributed by atoms with Gasteiger partial charge in [-0.15, -0.1) is 9.99 Å². The molecular weight excluding hydrogens is 464 g/mol. The molecular formula is C18H14N5O3STc. The summed E-state index contributed by atoms with van der Waals surface area (Å²) in [7, 11) is 0. The molecule has 0 saturated carbocycles. The second-order valence-corrected chi connectivity index (χ2v) is 5.82. The third kappa shape index (κ3) is 6.41. The van der Waals surface area contributed by atoms with E-state index in [1.54, 1.807) is 24.3 Å². The standard InChI is InChI=1S/C18H17N5O2S.O.Tc/c24-17(20-14-8-4-5-9-16(14)26)10-19-18(25)15-12-23(22-21-15)11-13-6-2-1-3-7-13;;/h1-9,12,26H,10-11H2,(H,19,25)(H,20,24);;/q;;+3/p-3. The van der Waals surface area contributed by atoms with E-state index in [0.717, 1.165) is 24.4 Å². The van der Waals surface area contributed by atoms with Crippen LogP contribution in [-0.4, -0.2) is 33.3 Å². The Kier molecular flexibility index (Phi) is 8.54. The fourth-order valence-electron chi connectivity index (χ4n) is 2.18. The van der Waals surface area contributed by atoms with Crippen LogP contribution in [0.1, 0.15) is 11.3 Å². The average molecular weight is 478 g/mol. The number of benzene rings is 2. The third-order valence-corrected chi connectivity index (χ3v) is 3.76. The van der Waals surface area contributed by atoms with E-state index < -0.39 is 11.8 Å². The van der Waals surface area contributed by atoms with Crippen LogP contribution >= 0.6 is 0 Å². The molecule has 0 unspecified atom stereocenters. The van der Waals surface area contributed by atoms with E-state index in [1.807, 2.05) is 30.3 Å². The predicted molar refractivity (Wildman–Crippen MR) is 96.8 cm³/mol. The molecule has 2 aromatic carbocycles. The van der Waals surface area contributed by atoms with Crippen LogP contribution in [0.5, 0.6) is 0 Å². The molecule has 0 bridgehead atoms. The van der Waals surface area contributed by atoms with E-state index in [4.69, 9.17) is 16.1 Å². The Morgan fingerprint density at radius 1 is 1.07 bits per heavy atom. The Balaban J connectivity index is 0.00000136. The van der Waals surface area contributed by atoms with Gasteiger partial charge in [-0.25, -0.2) is 4.68 Å². The second-order valence-electron chi connectivity index (χ2n) is 5.38. The van der Waals surface area contributed by atoms with Crippen LogP contribution in [0, 0.1) is 0 Å². The Bertz CT molecular complexity index is 963. The first kappa shape index (κ1) is 21.5. The first-order valence-electron chi connectivity index (χ1n) is 7.94. The molecule has 28 heavy (non-hydrogen) atoms. The van der Waals surface area contributed by atoms with E-state index >= 15 is 0 Å². The normalized spacial score (nSPS) is 11.5. The van der Waals surface area contributed by atoms with Crippen molar-refractivity contribution in [1.29, 1.82) is 0 Å². The van der Waals surface area contributed by atoms with Crippen molar-refractivity contribution >= 4 is 30.1 Å². The molecule has 0 spiro atoms. The second kappa shape index (κ2) is 11.1. The summed E-state index contributed by atoms with van der Waals surface area (Å²) in [5, 5.41) is 31.6. The number of para-hydroxylation sites is 1. The quantitative estimate of drug-likeness (QED) is 0.286. The molecule has 0 radical (unpaired) electrons. The zero-order valence-corrected chi connectivity index (χ0v) is 17.1. The number of rotatable bonds is 6. The summed E-state index contributed by atoms with van der Waals surface area (Å²) in [6.45, 7) is 0.124. The molecule has 0 fully saturated rings. The van der Waals surface area contributed by atoms with Crippen molar-refractivity contribution in [3.05, 3.63) is 72.1 Å². The monoisotopic (exact) mass is 477 g/mol. The third-order valence-electron chi connectivity index (χ3n) is 3.41. The molecule has 0 atom stereocenters. The van der Waals surface area contributed by atoms with Crippen molar-refractivity contribution in [2.24, 2.45) is 9.98 Å². The molecule has 0 aliphatic rings. The summed E-state index contributed by atoms with van der Waals surface area (Å²) in [5.41, 5.74) is 1.51. The van der Waals surface area contributed by atoms with Gasteiger partial charge < -0.3 is 22.8 Å². The van der Waals surface area contributed by atoms with Gasteiger partial charge in [0, 0.05) is 11.6 Å². The molecule has 0 aliphatic heterocycles. The van der Waals surface area contributed by atoms with Gasteiger partial charge in [-0.05, 0) is 17.5 Å². The molecule has 3 aromatic rings. The van der Waals surface area contributed by atoms with Crippen LogP contribution in [0.4, 0.5) is 5.69 Å². The summed E-state index contributed by atoms with van der Waals surface area (Å²) in [5.74, 6) is -1.16. The SMILES string of the molecule is [O-]C(CN=C([O-])c1cn(Cc2ccccc2)nn1)=Nc1ccccc1[S-].[O]=[Tc+3]. The van der Waals surface area contributed by atoms with Crippen molar-refractivity contribution < 1.29 is 32.6 Å². The Morgan fingerprint density at radius 3 is 2.46 bits per heavy atom. The fourth-order valence-corrected chi connectivity index (χ4v) is 2.38. The van der Waals surface area contributed by atoms with E-state index in [-0.39, 0.29) is 12.2 Å². The van der Waals surface area contributed by atoms with Crippen molar-refractivity contribution in [3.8, 4) is 0 Å². The first-order chi connectivity index (χ1) is 13.6. The van der Waals surface area contributed by atoms with Gasteiger partial charge in [-0.3, -0.25) is 9.98 Å².